The molecular formula is C23H28ClN3O2. The molecule has 1 fully saturated rings. The van der Waals surface area contributed by atoms with Crippen LogP contribution in [-0.4, -0.2) is 61.8 Å². The van der Waals surface area contributed by atoms with E-state index in [0.29, 0.717) is 23.7 Å². The molecule has 0 unspecified atom stereocenters. The first kappa shape index (κ1) is 21.3. The number of carbonyl (C=O) groups excluding carboxylic acids is 2. The van der Waals surface area contributed by atoms with Gasteiger partial charge in [0.1, 0.15) is 0 Å². The van der Waals surface area contributed by atoms with Crippen molar-refractivity contribution >= 4 is 29.0 Å². The third-order valence-corrected chi connectivity index (χ3v) is 5.38. The normalized spacial score (nSPS) is 14.3. The largest absolute Gasteiger partial charge is 0.368 e. The summed E-state index contributed by atoms with van der Waals surface area (Å²) in [6, 6.07) is 15.4. The molecule has 1 aliphatic rings. The molecule has 6 heteroatoms. The van der Waals surface area contributed by atoms with Crippen molar-refractivity contribution in [3.8, 4) is 0 Å². The van der Waals surface area contributed by atoms with Crippen LogP contribution in [0.5, 0.6) is 0 Å². The van der Waals surface area contributed by atoms with Crippen molar-refractivity contribution < 1.29 is 9.59 Å². The highest BCUT2D eigenvalue weighted by molar-refractivity contribution is 6.30. The van der Waals surface area contributed by atoms with Crippen LogP contribution in [0.25, 0.3) is 0 Å². The van der Waals surface area contributed by atoms with Gasteiger partial charge in [-0.15, -0.1) is 0 Å². The summed E-state index contributed by atoms with van der Waals surface area (Å²) in [5.41, 5.74) is 2.92. The SMILES string of the molecule is CN(C)Cc1ccc(C(=O)CCC(=O)N2CCN(c3cccc(Cl)c3)CC2)cc1. The van der Waals surface area contributed by atoms with E-state index in [4.69, 9.17) is 11.6 Å². The number of rotatable bonds is 7. The second kappa shape index (κ2) is 9.90. The quantitative estimate of drug-likeness (QED) is 0.649. The van der Waals surface area contributed by atoms with E-state index in [2.05, 4.69) is 9.80 Å². The van der Waals surface area contributed by atoms with E-state index in [1.165, 1.54) is 5.56 Å². The molecule has 2 aromatic carbocycles. The smallest absolute Gasteiger partial charge is 0.223 e. The van der Waals surface area contributed by atoms with E-state index in [1.54, 1.807) is 0 Å². The number of Topliss-reactive ketones (excluding diaryl/α,β-unsaturated/α-hetero) is 1. The maximum atomic E-state index is 12.5. The molecule has 1 amide bonds. The molecule has 5 nitrogen and oxygen atoms in total. The summed E-state index contributed by atoms with van der Waals surface area (Å²) in [4.78, 5) is 31.1. The van der Waals surface area contributed by atoms with E-state index < -0.39 is 0 Å². The van der Waals surface area contributed by atoms with E-state index in [1.807, 2.05) is 67.5 Å². The first-order valence-corrected chi connectivity index (χ1v) is 10.4. The van der Waals surface area contributed by atoms with Crippen LogP contribution >= 0.6 is 11.6 Å². The summed E-state index contributed by atoms with van der Waals surface area (Å²) >= 11 is 6.07. The molecule has 3 rings (SSSR count). The Balaban J connectivity index is 1.45. The van der Waals surface area contributed by atoms with E-state index >= 15 is 0 Å². The molecule has 1 saturated heterocycles. The monoisotopic (exact) mass is 413 g/mol. The Hall–Kier alpha value is -2.37. The van der Waals surface area contributed by atoms with Gasteiger partial charge in [0.25, 0.3) is 0 Å². The van der Waals surface area contributed by atoms with Crippen LogP contribution in [0.15, 0.2) is 48.5 Å². The fraction of sp³-hybridized carbons (Fsp3) is 0.391. The topological polar surface area (TPSA) is 43.9 Å². The van der Waals surface area contributed by atoms with Crippen LogP contribution in [-0.2, 0) is 11.3 Å². The van der Waals surface area contributed by atoms with Crippen molar-refractivity contribution in [1.29, 1.82) is 0 Å². The Labute approximate surface area is 177 Å². The first-order valence-electron chi connectivity index (χ1n) is 9.97. The Bertz CT molecular complexity index is 843. The molecule has 0 aliphatic carbocycles. The third kappa shape index (κ3) is 6.05. The Morgan fingerprint density at radius 1 is 0.966 bits per heavy atom. The van der Waals surface area contributed by atoms with E-state index in [-0.39, 0.29) is 24.5 Å². The highest BCUT2D eigenvalue weighted by atomic mass is 35.5. The second-order valence-electron chi connectivity index (χ2n) is 7.71. The van der Waals surface area contributed by atoms with Crippen LogP contribution < -0.4 is 4.90 Å². The van der Waals surface area contributed by atoms with Gasteiger partial charge < -0.3 is 14.7 Å². The van der Waals surface area contributed by atoms with Crippen molar-refractivity contribution in [3.05, 3.63) is 64.7 Å². The van der Waals surface area contributed by atoms with Gasteiger partial charge in [-0.3, -0.25) is 9.59 Å². The Morgan fingerprint density at radius 3 is 2.28 bits per heavy atom. The molecule has 29 heavy (non-hydrogen) atoms. The van der Waals surface area contributed by atoms with Gasteiger partial charge in [0, 0.05) is 61.8 Å². The number of piperazine rings is 1. The molecule has 0 bridgehead atoms. The molecule has 0 aromatic heterocycles. The lowest BCUT2D eigenvalue weighted by atomic mass is 10.0. The predicted molar refractivity (Wildman–Crippen MR) is 118 cm³/mol. The van der Waals surface area contributed by atoms with Gasteiger partial charge in [-0.1, -0.05) is 41.9 Å². The highest BCUT2D eigenvalue weighted by Crippen LogP contribution is 2.21. The van der Waals surface area contributed by atoms with Crippen LogP contribution in [0.1, 0.15) is 28.8 Å². The summed E-state index contributed by atoms with van der Waals surface area (Å²) in [5, 5.41) is 0.717. The Kier molecular flexibility index (Phi) is 7.29. The molecule has 0 radical (unpaired) electrons. The van der Waals surface area contributed by atoms with Crippen molar-refractivity contribution in [1.82, 2.24) is 9.80 Å². The lowest BCUT2D eigenvalue weighted by Crippen LogP contribution is -2.48. The fourth-order valence-corrected chi connectivity index (χ4v) is 3.76. The van der Waals surface area contributed by atoms with E-state index in [0.717, 1.165) is 25.3 Å². The van der Waals surface area contributed by atoms with Gasteiger partial charge in [0.15, 0.2) is 5.78 Å². The van der Waals surface area contributed by atoms with Crippen molar-refractivity contribution in [2.24, 2.45) is 0 Å². The lowest BCUT2D eigenvalue weighted by Gasteiger charge is -2.36. The number of nitrogens with zero attached hydrogens (tertiary/aromatic N) is 3. The summed E-state index contributed by atoms with van der Waals surface area (Å²) in [7, 11) is 4.03. The number of anilines is 1. The van der Waals surface area contributed by atoms with Crippen LogP contribution in [0.2, 0.25) is 5.02 Å². The van der Waals surface area contributed by atoms with Gasteiger partial charge >= 0.3 is 0 Å². The van der Waals surface area contributed by atoms with Crippen molar-refractivity contribution in [2.45, 2.75) is 19.4 Å². The minimum Gasteiger partial charge on any atom is -0.368 e. The number of hydrogen-bond donors (Lipinski definition) is 0. The van der Waals surface area contributed by atoms with Gasteiger partial charge in [0.2, 0.25) is 5.91 Å². The van der Waals surface area contributed by atoms with Crippen LogP contribution in [0.3, 0.4) is 0 Å². The molecule has 1 heterocycles. The maximum Gasteiger partial charge on any atom is 0.223 e. The molecule has 0 N–H and O–H groups in total. The molecule has 2 aromatic rings. The molecular weight excluding hydrogens is 386 g/mol. The van der Waals surface area contributed by atoms with Gasteiger partial charge in [-0.2, -0.15) is 0 Å². The standard InChI is InChI=1S/C23H28ClN3O2/c1-25(2)17-18-6-8-19(9-7-18)22(28)10-11-23(29)27-14-12-26(13-15-27)21-5-3-4-20(24)16-21/h3-9,16H,10-15,17H2,1-2H3. The minimum absolute atomic E-state index is 0.0207. The number of halogens is 1. The zero-order valence-electron chi connectivity index (χ0n) is 17.1. The summed E-state index contributed by atoms with van der Waals surface area (Å²) in [6.45, 7) is 3.71. The molecule has 1 aliphatic heterocycles. The second-order valence-corrected chi connectivity index (χ2v) is 8.14. The number of amides is 1. The maximum absolute atomic E-state index is 12.5. The average Bonchev–Trinajstić information content (AvgIpc) is 2.72. The summed E-state index contributed by atoms with van der Waals surface area (Å²) < 4.78 is 0. The molecule has 0 spiro atoms. The zero-order valence-corrected chi connectivity index (χ0v) is 17.9. The minimum atomic E-state index is 0.0207. The number of ketones is 1. The van der Waals surface area contributed by atoms with Crippen LogP contribution in [0, 0.1) is 0 Å². The van der Waals surface area contributed by atoms with Gasteiger partial charge in [0.05, 0.1) is 0 Å². The summed E-state index contributed by atoms with van der Waals surface area (Å²) in [6.07, 6.45) is 0.510. The molecule has 0 saturated carbocycles. The number of hydrogen-bond acceptors (Lipinski definition) is 4. The highest BCUT2D eigenvalue weighted by Gasteiger charge is 2.22. The Morgan fingerprint density at radius 2 is 1.66 bits per heavy atom. The van der Waals surface area contributed by atoms with Crippen LogP contribution in [0.4, 0.5) is 5.69 Å². The first-order chi connectivity index (χ1) is 13.9. The fourth-order valence-electron chi connectivity index (χ4n) is 3.57. The third-order valence-electron chi connectivity index (χ3n) is 5.15. The van der Waals surface area contributed by atoms with Gasteiger partial charge in [-0.25, -0.2) is 0 Å². The van der Waals surface area contributed by atoms with E-state index in [9.17, 15) is 9.59 Å². The zero-order chi connectivity index (χ0) is 20.8. The average molecular weight is 414 g/mol. The van der Waals surface area contributed by atoms with Crippen molar-refractivity contribution in [2.75, 3.05) is 45.2 Å². The van der Waals surface area contributed by atoms with Crippen molar-refractivity contribution in [3.63, 3.8) is 0 Å². The summed E-state index contributed by atoms with van der Waals surface area (Å²) in [5.74, 6) is 0.0700. The number of benzene rings is 2. The molecule has 154 valence electrons. The lowest BCUT2D eigenvalue weighted by molar-refractivity contribution is -0.131. The number of carbonyl (C=O) groups is 2. The van der Waals surface area contributed by atoms with Gasteiger partial charge in [-0.05, 0) is 37.9 Å². The predicted octanol–water partition coefficient (Wildman–Crippen LogP) is 3.71. The molecule has 0 atom stereocenters.